The van der Waals surface area contributed by atoms with Gasteiger partial charge in [0, 0.05) is 12.1 Å². The van der Waals surface area contributed by atoms with Gasteiger partial charge in [-0.25, -0.2) is 0 Å². The first-order chi connectivity index (χ1) is 4.47. The van der Waals surface area contributed by atoms with Crippen LogP contribution in [0.25, 0.3) is 0 Å². The van der Waals surface area contributed by atoms with E-state index in [4.69, 9.17) is 0 Å². The molecule has 0 spiro atoms. The largest absolute Gasteiger partial charge is 0.257 e. The summed E-state index contributed by atoms with van der Waals surface area (Å²) in [7, 11) is 0.908. The van der Waals surface area contributed by atoms with Gasteiger partial charge in [0.2, 0.25) is 0 Å². The van der Waals surface area contributed by atoms with Crippen LogP contribution >= 0.6 is 8.19 Å². The van der Waals surface area contributed by atoms with E-state index in [2.05, 4.69) is 10.8 Å². The number of hydrogen-bond donors (Lipinski definition) is 0. The highest BCUT2D eigenvalue weighted by Gasteiger charge is 2.20. The first-order valence-electron chi connectivity index (χ1n) is 3.46. The molecule has 9 heavy (non-hydrogen) atoms. The molecule has 1 fully saturated rings. The molecule has 48 valence electrons. The predicted octanol–water partition coefficient (Wildman–Crippen LogP) is 2.38. The molecule has 1 saturated carbocycles. The topological polar surface area (TPSA) is 12.9 Å². The average Bonchev–Trinajstić information content (AvgIpc) is 2.11. The average molecular weight is 139 g/mol. The van der Waals surface area contributed by atoms with Gasteiger partial charge in [-0.05, 0) is 18.6 Å². The summed E-state index contributed by atoms with van der Waals surface area (Å²) in [5.74, 6) is 3.05. The van der Waals surface area contributed by atoms with E-state index in [0.29, 0.717) is 0 Å². The summed E-state index contributed by atoms with van der Waals surface area (Å²) in [6.45, 7) is 0. The van der Waals surface area contributed by atoms with Crippen molar-refractivity contribution < 1.29 is 0 Å². The molecule has 1 aliphatic rings. The van der Waals surface area contributed by atoms with Crippen LogP contribution in [0.2, 0.25) is 0 Å². The van der Waals surface area contributed by atoms with Crippen molar-refractivity contribution in [1.29, 1.82) is 0 Å². The monoisotopic (exact) mass is 139 g/mol. The first kappa shape index (κ1) is 5.49. The van der Waals surface area contributed by atoms with Crippen molar-refractivity contribution in [2.45, 2.75) is 25.2 Å². The lowest BCUT2D eigenvalue weighted by molar-refractivity contribution is 0.418. The molecule has 0 N–H and O–H groups in total. The Morgan fingerprint density at radius 1 is 1.56 bits per heavy atom. The van der Waals surface area contributed by atoms with Crippen LogP contribution < -0.4 is 0 Å². The Labute approximate surface area is 56.6 Å². The summed E-state index contributed by atoms with van der Waals surface area (Å²) in [5, 5.41) is 0. The third kappa shape index (κ3) is 0.900. The van der Waals surface area contributed by atoms with Crippen molar-refractivity contribution in [3.8, 4) is 0 Å². The molecule has 1 nitrogen and oxygen atoms in total. The lowest BCUT2D eigenvalue weighted by atomic mass is 9.86. The number of rotatable bonds is 1. The van der Waals surface area contributed by atoms with Gasteiger partial charge in [0.1, 0.15) is 0 Å². The summed E-state index contributed by atoms with van der Waals surface area (Å²) in [5.41, 5.74) is 1.46. The maximum atomic E-state index is 4.31. The van der Waals surface area contributed by atoms with E-state index in [0.717, 1.165) is 14.1 Å². The highest BCUT2D eigenvalue weighted by molar-refractivity contribution is 7.30. The number of aromatic nitrogens is 1. The molecule has 0 radical (unpaired) electrons. The molecule has 0 aliphatic heterocycles. The maximum Gasteiger partial charge on any atom is 0.0592 e. The van der Waals surface area contributed by atoms with Gasteiger partial charge in [0.15, 0.2) is 0 Å². The Bertz CT molecular complexity index is 177. The third-order valence-corrected chi connectivity index (χ3v) is 3.16. The van der Waals surface area contributed by atoms with Crippen LogP contribution in [0.15, 0.2) is 12.0 Å². The molecule has 2 rings (SSSR count). The van der Waals surface area contributed by atoms with Crippen LogP contribution in [0.4, 0.5) is 0 Å². The van der Waals surface area contributed by atoms with Gasteiger partial charge in [-0.15, -0.1) is 8.19 Å². The molecule has 0 aromatic carbocycles. The Kier molecular flexibility index (Phi) is 1.31. The van der Waals surface area contributed by atoms with Crippen LogP contribution in [0.3, 0.4) is 0 Å². The van der Waals surface area contributed by atoms with Gasteiger partial charge in [-0.1, -0.05) is 6.42 Å². The fourth-order valence-electron chi connectivity index (χ4n) is 1.18. The van der Waals surface area contributed by atoms with Crippen LogP contribution in [0.1, 0.15) is 30.6 Å². The van der Waals surface area contributed by atoms with E-state index in [1.807, 2.05) is 6.20 Å². The van der Waals surface area contributed by atoms with Gasteiger partial charge in [-0.2, -0.15) is 0 Å². The number of nitrogens with zero attached hydrogens (tertiary/aromatic N) is 1. The SMILES string of the molecule is c1c[pH]c(C2CCC2)n1. The summed E-state index contributed by atoms with van der Waals surface area (Å²) in [4.78, 5) is 4.31. The van der Waals surface area contributed by atoms with Crippen molar-refractivity contribution in [3.63, 3.8) is 0 Å². The lowest BCUT2D eigenvalue weighted by Crippen LogP contribution is -2.07. The Morgan fingerprint density at radius 2 is 2.44 bits per heavy atom. The Morgan fingerprint density at radius 3 is 2.89 bits per heavy atom. The minimum Gasteiger partial charge on any atom is -0.257 e. The van der Waals surface area contributed by atoms with Crippen molar-refractivity contribution in [1.82, 2.24) is 4.98 Å². The molecule has 1 aromatic heterocycles. The summed E-state index contributed by atoms with van der Waals surface area (Å²) in [6, 6.07) is 0. The van der Waals surface area contributed by atoms with E-state index < -0.39 is 0 Å². The zero-order valence-electron chi connectivity index (χ0n) is 5.30. The highest BCUT2D eigenvalue weighted by atomic mass is 31.0. The lowest BCUT2D eigenvalue weighted by Gasteiger charge is -2.22. The number of hydrogen-bond acceptors (Lipinski definition) is 1. The first-order valence-corrected chi connectivity index (χ1v) is 4.54. The van der Waals surface area contributed by atoms with Crippen molar-refractivity contribution in [2.75, 3.05) is 0 Å². The fourth-order valence-corrected chi connectivity index (χ4v) is 2.18. The van der Waals surface area contributed by atoms with Gasteiger partial charge >= 0.3 is 0 Å². The summed E-state index contributed by atoms with van der Waals surface area (Å²) >= 11 is 0. The Balaban J connectivity index is 2.14. The van der Waals surface area contributed by atoms with Crippen LogP contribution in [0, 0.1) is 0 Å². The molecule has 2 heteroatoms. The minimum atomic E-state index is 0.873. The second-order valence-electron chi connectivity index (χ2n) is 2.60. The normalized spacial score (nSPS) is 20.4. The summed E-state index contributed by atoms with van der Waals surface area (Å²) in [6.07, 6.45) is 6.17. The quantitative estimate of drug-likeness (QED) is 0.582. The predicted molar refractivity (Wildman–Crippen MR) is 40.3 cm³/mol. The third-order valence-electron chi connectivity index (χ3n) is 2.01. The van der Waals surface area contributed by atoms with Gasteiger partial charge in [0.25, 0.3) is 0 Å². The maximum absolute atomic E-state index is 4.31. The van der Waals surface area contributed by atoms with Crippen molar-refractivity contribution in [3.05, 3.63) is 17.4 Å². The van der Waals surface area contributed by atoms with E-state index >= 15 is 0 Å². The van der Waals surface area contributed by atoms with Crippen molar-refractivity contribution >= 4 is 8.19 Å². The molecule has 1 unspecified atom stereocenters. The molecular formula is C7H10NP. The zero-order valence-corrected chi connectivity index (χ0v) is 6.30. The summed E-state index contributed by atoms with van der Waals surface area (Å²) < 4.78 is 0. The molecule has 0 amide bonds. The highest BCUT2D eigenvalue weighted by Crippen LogP contribution is 2.38. The van der Waals surface area contributed by atoms with E-state index in [9.17, 15) is 0 Å². The minimum absolute atomic E-state index is 0.873. The van der Waals surface area contributed by atoms with Gasteiger partial charge in [-0.3, -0.25) is 4.98 Å². The molecule has 1 atom stereocenters. The molecular weight excluding hydrogens is 129 g/mol. The smallest absolute Gasteiger partial charge is 0.0592 e. The van der Waals surface area contributed by atoms with E-state index in [1.165, 1.54) is 24.7 Å². The van der Waals surface area contributed by atoms with Crippen LogP contribution in [-0.2, 0) is 0 Å². The van der Waals surface area contributed by atoms with Crippen LogP contribution in [0.5, 0.6) is 0 Å². The zero-order chi connectivity index (χ0) is 6.10. The van der Waals surface area contributed by atoms with Gasteiger partial charge in [0.05, 0.1) is 5.43 Å². The van der Waals surface area contributed by atoms with E-state index in [1.54, 1.807) is 0 Å². The molecule has 0 bridgehead atoms. The Hall–Kier alpha value is -0.290. The van der Waals surface area contributed by atoms with Crippen LogP contribution in [-0.4, -0.2) is 4.98 Å². The van der Waals surface area contributed by atoms with E-state index in [-0.39, 0.29) is 0 Å². The standard InChI is InChI=1S/C7H10NP/c1-2-6(3-1)7-8-4-5-9-7/h4-6,9H,1-3H2. The fraction of sp³-hybridized carbons (Fsp3) is 0.571. The second kappa shape index (κ2) is 2.15. The van der Waals surface area contributed by atoms with Gasteiger partial charge < -0.3 is 0 Å². The second-order valence-corrected chi connectivity index (χ2v) is 3.74. The molecule has 1 heterocycles. The molecule has 0 saturated heterocycles. The molecule has 1 aromatic rings. The van der Waals surface area contributed by atoms with Crippen molar-refractivity contribution in [2.24, 2.45) is 0 Å². The molecule has 1 aliphatic carbocycles.